The molecule has 106 valence electrons. The zero-order valence-electron chi connectivity index (χ0n) is 10.9. The van der Waals surface area contributed by atoms with E-state index >= 15 is 0 Å². The summed E-state index contributed by atoms with van der Waals surface area (Å²) in [7, 11) is 0. The minimum Gasteiger partial charge on any atom is -0.241 e. The minimum absolute atomic E-state index is 0.160. The van der Waals surface area contributed by atoms with Gasteiger partial charge >= 0.3 is 0 Å². The number of nitrogens with zero attached hydrogens (tertiary/aromatic N) is 2. The highest BCUT2D eigenvalue weighted by atomic mass is 35.5. The van der Waals surface area contributed by atoms with Gasteiger partial charge in [-0.1, -0.05) is 24.3 Å². The van der Waals surface area contributed by atoms with Crippen LogP contribution in [0.4, 0.5) is 8.78 Å². The molecule has 2 nitrogen and oxygen atoms in total. The number of rotatable bonds is 3. The van der Waals surface area contributed by atoms with Crippen molar-refractivity contribution in [1.82, 2.24) is 9.78 Å². The predicted molar refractivity (Wildman–Crippen MR) is 77.6 cm³/mol. The summed E-state index contributed by atoms with van der Waals surface area (Å²) in [6.45, 7) is 0. The molecule has 0 amide bonds. The molecule has 0 saturated carbocycles. The van der Waals surface area contributed by atoms with Gasteiger partial charge in [0.05, 0.1) is 17.3 Å². The van der Waals surface area contributed by atoms with Crippen molar-refractivity contribution in [1.29, 1.82) is 0 Å². The van der Waals surface area contributed by atoms with Crippen LogP contribution < -0.4 is 0 Å². The molecule has 5 heteroatoms. The SMILES string of the molecule is Fc1cccc(F)c1C(Cl)c1cnn(-c2ccccc2)c1. The van der Waals surface area contributed by atoms with Gasteiger partial charge in [-0.25, -0.2) is 13.5 Å². The van der Waals surface area contributed by atoms with Gasteiger partial charge in [0.25, 0.3) is 0 Å². The van der Waals surface area contributed by atoms with Gasteiger partial charge in [-0.2, -0.15) is 5.10 Å². The maximum atomic E-state index is 13.8. The second-order valence-corrected chi connectivity index (χ2v) is 4.99. The van der Waals surface area contributed by atoms with Crippen LogP contribution in [0.3, 0.4) is 0 Å². The second kappa shape index (κ2) is 5.66. The zero-order chi connectivity index (χ0) is 14.8. The van der Waals surface area contributed by atoms with Crippen LogP contribution in [0, 0.1) is 11.6 Å². The molecule has 2 aromatic carbocycles. The second-order valence-electron chi connectivity index (χ2n) is 4.55. The van der Waals surface area contributed by atoms with Crippen molar-refractivity contribution < 1.29 is 8.78 Å². The first-order chi connectivity index (χ1) is 10.2. The summed E-state index contributed by atoms with van der Waals surface area (Å²) < 4.78 is 29.1. The van der Waals surface area contributed by atoms with Crippen LogP contribution in [-0.2, 0) is 0 Å². The molecule has 0 spiro atoms. The fraction of sp³-hybridized carbons (Fsp3) is 0.0625. The molecule has 0 aliphatic rings. The summed E-state index contributed by atoms with van der Waals surface area (Å²) in [5, 5.41) is 3.25. The van der Waals surface area contributed by atoms with Crippen molar-refractivity contribution >= 4 is 11.6 Å². The van der Waals surface area contributed by atoms with Crippen LogP contribution >= 0.6 is 11.6 Å². The molecule has 0 bridgehead atoms. The minimum atomic E-state index is -0.927. The molecule has 1 unspecified atom stereocenters. The molecule has 0 aliphatic carbocycles. The van der Waals surface area contributed by atoms with E-state index in [0.717, 1.165) is 5.69 Å². The van der Waals surface area contributed by atoms with Crippen molar-refractivity contribution in [3.05, 3.63) is 83.7 Å². The van der Waals surface area contributed by atoms with Gasteiger partial charge in [0.15, 0.2) is 0 Å². The fourth-order valence-corrected chi connectivity index (χ4v) is 2.43. The van der Waals surface area contributed by atoms with Gasteiger partial charge in [-0.3, -0.25) is 0 Å². The highest BCUT2D eigenvalue weighted by Gasteiger charge is 2.21. The van der Waals surface area contributed by atoms with Gasteiger partial charge < -0.3 is 0 Å². The van der Waals surface area contributed by atoms with E-state index < -0.39 is 17.0 Å². The lowest BCUT2D eigenvalue weighted by molar-refractivity contribution is 0.559. The highest BCUT2D eigenvalue weighted by Crippen LogP contribution is 2.32. The standard InChI is InChI=1S/C16H11ClF2N2/c17-16(15-13(18)7-4-8-14(15)19)11-9-20-21(10-11)12-5-2-1-3-6-12/h1-10,16H. The molecule has 0 saturated heterocycles. The van der Waals surface area contributed by atoms with Gasteiger partial charge in [-0.15, -0.1) is 11.6 Å². The summed E-state index contributed by atoms with van der Waals surface area (Å²) in [6.07, 6.45) is 3.18. The van der Waals surface area contributed by atoms with Crippen LogP contribution in [0.5, 0.6) is 0 Å². The van der Waals surface area contributed by atoms with E-state index in [1.807, 2.05) is 30.3 Å². The van der Waals surface area contributed by atoms with Crippen LogP contribution in [-0.4, -0.2) is 9.78 Å². The monoisotopic (exact) mass is 304 g/mol. The van der Waals surface area contributed by atoms with Gasteiger partial charge in [0.2, 0.25) is 0 Å². The summed E-state index contributed by atoms with van der Waals surface area (Å²) in [6, 6.07) is 13.1. The predicted octanol–water partition coefficient (Wildman–Crippen LogP) is 4.48. The van der Waals surface area contributed by atoms with Gasteiger partial charge in [-0.05, 0) is 24.3 Å². The molecule has 1 heterocycles. The molecule has 3 rings (SSSR count). The van der Waals surface area contributed by atoms with Gasteiger partial charge in [0.1, 0.15) is 11.6 Å². The number of alkyl halides is 1. The van der Waals surface area contributed by atoms with E-state index in [9.17, 15) is 8.78 Å². The Morgan fingerprint density at radius 2 is 1.62 bits per heavy atom. The van der Waals surface area contributed by atoms with E-state index in [2.05, 4.69) is 5.10 Å². The van der Waals surface area contributed by atoms with Crippen LogP contribution in [0.1, 0.15) is 16.5 Å². The maximum Gasteiger partial charge on any atom is 0.131 e. The van der Waals surface area contributed by atoms with Crippen molar-refractivity contribution in [2.45, 2.75) is 5.38 Å². The Kier molecular flexibility index (Phi) is 3.71. The number of aromatic nitrogens is 2. The first kappa shape index (κ1) is 13.8. The molecule has 0 fully saturated rings. The molecule has 21 heavy (non-hydrogen) atoms. The topological polar surface area (TPSA) is 17.8 Å². The average Bonchev–Trinajstić information content (AvgIpc) is 2.97. The Labute approximate surface area is 125 Å². The summed E-state index contributed by atoms with van der Waals surface area (Å²) in [4.78, 5) is 0. The number of para-hydroxylation sites is 1. The molecule has 0 N–H and O–H groups in total. The zero-order valence-corrected chi connectivity index (χ0v) is 11.6. The molecule has 0 radical (unpaired) electrons. The van der Waals surface area contributed by atoms with E-state index in [0.29, 0.717) is 5.56 Å². The normalized spacial score (nSPS) is 12.3. The highest BCUT2D eigenvalue weighted by molar-refractivity contribution is 6.22. The van der Waals surface area contributed by atoms with Crippen molar-refractivity contribution in [3.8, 4) is 5.69 Å². The fourth-order valence-electron chi connectivity index (χ4n) is 2.11. The first-order valence-corrected chi connectivity index (χ1v) is 6.78. The van der Waals surface area contributed by atoms with Crippen molar-refractivity contribution in [3.63, 3.8) is 0 Å². The molecular formula is C16H11ClF2N2. The van der Waals surface area contributed by atoms with E-state index in [1.165, 1.54) is 24.4 Å². The van der Waals surface area contributed by atoms with Crippen molar-refractivity contribution in [2.75, 3.05) is 0 Å². The number of halogens is 3. The third-order valence-corrected chi connectivity index (χ3v) is 3.64. The third-order valence-electron chi connectivity index (χ3n) is 3.17. The Morgan fingerprint density at radius 1 is 0.952 bits per heavy atom. The number of hydrogen-bond acceptors (Lipinski definition) is 1. The van der Waals surface area contributed by atoms with Crippen LogP contribution in [0.2, 0.25) is 0 Å². The Balaban J connectivity index is 1.97. The van der Waals surface area contributed by atoms with Crippen LogP contribution in [0.15, 0.2) is 60.9 Å². The lowest BCUT2D eigenvalue weighted by Crippen LogP contribution is -2.00. The Hall–Kier alpha value is -2.20. The number of hydrogen-bond donors (Lipinski definition) is 0. The summed E-state index contributed by atoms with van der Waals surface area (Å²) in [5.41, 5.74) is 1.22. The smallest absolute Gasteiger partial charge is 0.131 e. The lowest BCUT2D eigenvalue weighted by Gasteiger charge is -2.09. The average molecular weight is 305 g/mol. The molecule has 1 aromatic heterocycles. The molecule has 1 atom stereocenters. The molecule has 3 aromatic rings. The van der Waals surface area contributed by atoms with E-state index in [4.69, 9.17) is 11.6 Å². The Bertz CT molecular complexity index is 736. The van der Waals surface area contributed by atoms with Crippen molar-refractivity contribution in [2.24, 2.45) is 0 Å². The molecular weight excluding hydrogens is 294 g/mol. The third kappa shape index (κ3) is 2.67. The molecule has 0 aliphatic heterocycles. The lowest BCUT2D eigenvalue weighted by atomic mass is 10.1. The van der Waals surface area contributed by atoms with Gasteiger partial charge in [0, 0.05) is 17.3 Å². The maximum absolute atomic E-state index is 13.8. The summed E-state index contributed by atoms with van der Waals surface area (Å²) >= 11 is 6.21. The quantitative estimate of drug-likeness (QED) is 0.652. The van der Waals surface area contributed by atoms with Crippen LogP contribution in [0.25, 0.3) is 5.69 Å². The largest absolute Gasteiger partial charge is 0.241 e. The van der Waals surface area contributed by atoms with E-state index in [1.54, 1.807) is 10.9 Å². The van der Waals surface area contributed by atoms with E-state index in [-0.39, 0.29) is 5.56 Å². The Morgan fingerprint density at radius 3 is 2.29 bits per heavy atom. The number of benzene rings is 2. The summed E-state index contributed by atoms with van der Waals surface area (Å²) in [5.74, 6) is -1.33. The first-order valence-electron chi connectivity index (χ1n) is 6.35.